The average Bonchev–Trinajstić information content (AvgIpc) is 3.17. The highest BCUT2D eigenvalue weighted by Gasteiger charge is 2.08. The van der Waals surface area contributed by atoms with Gasteiger partial charge in [-0.25, -0.2) is 9.37 Å². The summed E-state index contributed by atoms with van der Waals surface area (Å²) < 4.78 is 12.9. The van der Waals surface area contributed by atoms with Crippen LogP contribution in [-0.2, 0) is 13.0 Å². The van der Waals surface area contributed by atoms with E-state index >= 15 is 0 Å². The lowest BCUT2D eigenvalue weighted by Gasteiger charge is -2.11. The number of hydrogen-bond acceptors (Lipinski definition) is 4. The first-order valence-electron chi connectivity index (χ1n) is 7.17. The standard InChI is InChI=1S/C17H17FN2S2/c1-12(9-16-3-2-8-21-16)19-10-15-11-22-17(20-15)13-4-6-14(18)7-5-13/h2-8,11-12,19H,9-10H2,1H3. The van der Waals surface area contributed by atoms with E-state index in [1.165, 1.54) is 17.0 Å². The van der Waals surface area contributed by atoms with Gasteiger partial charge in [-0.05, 0) is 49.1 Å². The van der Waals surface area contributed by atoms with Gasteiger partial charge in [-0.1, -0.05) is 6.07 Å². The number of rotatable bonds is 6. The van der Waals surface area contributed by atoms with Crippen LogP contribution in [0.1, 0.15) is 17.5 Å². The Hall–Kier alpha value is -1.56. The second-order valence-electron chi connectivity index (χ2n) is 5.22. The van der Waals surface area contributed by atoms with Crippen molar-refractivity contribution < 1.29 is 4.39 Å². The van der Waals surface area contributed by atoms with Crippen LogP contribution in [0, 0.1) is 5.82 Å². The van der Waals surface area contributed by atoms with Crippen molar-refractivity contribution in [2.75, 3.05) is 0 Å². The fraction of sp³-hybridized carbons (Fsp3) is 0.235. The minimum Gasteiger partial charge on any atom is -0.308 e. The van der Waals surface area contributed by atoms with Crippen molar-refractivity contribution in [1.82, 2.24) is 10.3 Å². The van der Waals surface area contributed by atoms with Crippen molar-refractivity contribution in [3.05, 3.63) is 63.5 Å². The lowest BCUT2D eigenvalue weighted by Crippen LogP contribution is -2.27. The Morgan fingerprint density at radius 3 is 2.73 bits per heavy atom. The zero-order chi connectivity index (χ0) is 15.4. The van der Waals surface area contributed by atoms with Crippen LogP contribution < -0.4 is 5.32 Å². The van der Waals surface area contributed by atoms with Gasteiger partial charge in [0.05, 0.1) is 5.69 Å². The van der Waals surface area contributed by atoms with Gasteiger partial charge in [0.15, 0.2) is 0 Å². The molecule has 1 N–H and O–H groups in total. The van der Waals surface area contributed by atoms with E-state index in [0.717, 1.165) is 29.2 Å². The van der Waals surface area contributed by atoms with Crippen molar-refractivity contribution in [3.63, 3.8) is 0 Å². The van der Waals surface area contributed by atoms with Crippen molar-refractivity contribution in [2.45, 2.75) is 25.9 Å². The molecule has 1 atom stereocenters. The summed E-state index contributed by atoms with van der Waals surface area (Å²) in [5, 5.41) is 8.60. The molecule has 0 aliphatic rings. The van der Waals surface area contributed by atoms with Gasteiger partial charge in [-0.2, -0.15) is 0 Å². The van der Waals surface area contributed by atoms with E-state index < -0.39 is 0 Å². The zero-order valence-corrected chi connectivity index (χ0v) is 13.9. The summed E-state index contributed by atoms with van der Waals surface area (Å²) >= 11 is 3.39. The fourth-order valence-corrected chi connectivity index (χ4v) is 3.86. The third-order valence-corrected chi connectivity index (χ3v) is 5.20. The van der Waals surface area contributed by atoms with Gasteiger partial charge >= 0.3 is 0 Å². The molecule has 0 spiro atoms. The molecule has 0 bridgehead atoms. The van der Waals surface area contributed by atoms with E-state index in [9.17, 15) is 4.39 Å². The van der Waals surface area contributed by atoms with Crippen LogP contribution in [-0.4, -0.2) is 11.0 Å². The molecule has 2 nitrogen and oxygen atoms in total. The largest absolute Gasteiger partial charge is 0.308 e. The van der Waals surface area contributed by atoms with Crippen LogP contribution in [0.2, 0.25) is 0 Å². The molecule has 1 unspecified atom stereocenters. The number of halogens is 1. The Morgan fingerprint density at radius 2 is 2.00 bits per heavy atom. The molecule has 0 amide bonds. The van der Waals surface area contributed by atoms with Crippen LogP contribution in [0.25, 0.3) is 10.6 Å². The highest BCUT2D eigenvalue weighted by Crippen LogP contribution is 2.23. The number of hydrogen-bond donors (Lipinski definition) is 1. The van der Waals surface area contributed by atoms with Gasteiger partial charge < -0.3 is 5.32 Å². The Labute approximate surface area is 137 Å². The van der Waals surface area contributed by atoms with Gasteiger partial charge in [-0.15, -0.1) is 22.7 Å². The topological polar surface area (TPSA) is 24.9 Å². The van der Waals surface area contributed by atoms with Crippen LogP contribution in [0.5, 0.6) is 0 Å². The second-order valence-corrected chi connectivity index (χ2v) is 7.11. The number of benzene rings is 1. The molecule has 0 fully saturated rings. The summed E-state index contributed by atoms with van der Waals surface area (Å²) in [6.45, 7) is 2.94. The molecule has 1 aromatic carbocycles. The highest BCUT2D eigenvalue weighted by molar-refractivity contribution is 7.13. The summed E-state index contributed by atoms with van der Waals surface area (Å²) in [6, 6.07) is 11.1. The number of aromatic nitrogens is 1. The highest BCUT2D eigenvalue weighted by atomic mass is 32.1. The van der Waals surface area contributed by atoms with Gasteiger partial charge in [-0.3, -0.25) is 0 Å². The van der Waals surface area contributed by atoms with Crippen LogP contribution in [0.3, 0.4) is 0 Å². The SMILES string of the molecule is CC(Cc1cccs1)NCc1csc(-c2ccc(F)cc2)n1. The predicted molar refractivity (Wildman–Crippen MR) is 91.8 cm³/mol. The minimum absolute atomic E-state index is 0.218. The summed E-state index contributed by atoms with van der Waals surface area (Å²) in [4.78, 5) is 6.01. The first kappa shape index (κ1) is 15.3. The molecule has 5 heteroatoms. The monoisotopic (exact) mass is 332 g/mol. The molecule has 114 valence electrons. The molecule has 22 heavy (non-hydrogen) atoms. The molecule has 0 saturated heterocycles. The molecule has 0 aliphatic carbocycles. The van der Waals surface area contributed by atoms with Gasteiger partial charge in [0.25, 0.3) is 0 Å². The molecule has 2 heterocycles. The van der Waals surface area contributed by atoms with E-state index in [-0.39, 0.29) is 5.82 Å². The molecule has 0 saturated carbocycles. The van der Waals surface area contributed by atoms with E-state index in [1.54, 1.807) is 34.8 Å². The van der Waals surface area contributed by atoms with Gasteiger partial charge in [0.2, 0.25) is 0 Å². The first-order valence-corrected chi connectivity index (χ1v) is 8.93. The molecular formula is C17H17FN2S2. The predicted octanol–water partition coefficient (Wildman–Crippen LogP) is 4.73. The molecular weight excluding hydrogens is 315 g/mol. The lowest BCUT2D eigenvalue weighted by molar-refractivity contribution is 0.544. The van der Waals surface area contributed by atoms with Crippen LogP contribution >= 0.6 is 22.7 Å². The number of nitrogens with zero attached hydrogens (tertiary/aromatic N) is 1. The van der Waals surface area contributed by atoms with Crippen molar-refractivity contribution in [2.24, 2.45) is 0 Å². The smallest absolute Gasteiger partial charge is 0.123 e. The minimum atomic E-state index is -0.218. The van der Waals surface area contributed by atoms with Crippen molar-refractivity contribution in [1.29, 1.82) is 0 Å². The zero-order valence-electron chi connectivity index (χ0n) is 12.3. The maximum atomic E-state index is 12.9. The summed E-state index contributed by atoms with van der Waals surface area (Å²) in [5.41, 5.74) is 1.99. The number of thiophene rings is 1. The Bertz CT molecular complexity index is 705. The van der Waals surface area contributed by atoms with Crippen molar-refractivity contribution >= 4 is 22.7 Å². The molecule has 3 rings (SSSR count). The van der Waals surface area contributed by atoms with E-state index in [1.807, 2.05) is 0 Å². The van der Waals surface area contributed by atoms with Gasteiger partial charge in [0.1, 0.15) is 10.8 Å². The summed E-state index contributed by atoms with van der Waals surface area (Å²) in [6.07, 6.45) is 1.03. The second kappa shape index (κ2) is 7.13. The third kappa shape index (κ3) is 4.00. The number of nitrogens with one attached hydrogen (secondary N) is 1. The fourth-order valence-electron chi connectivity index (χ4n) is 2.19. The van der Waals surface area contributed by atoms with Crippen molar-refractivity contribution in [3.8, 4) is 10.6 Å². The van der Waals surface area contributed by atoms with Gasteiger partial charge in [0, 0.05) is 28.4 Å². The maximum Gasteiger partial charge on any atom is 0.123 e. The molecule has 2 aromatic heterocycles. The normalized spacial score (nSPS) is 12.5. The average molecular weight is 332 g/mol. The summed E-state index contributed by atoms with van der Waals surface area (Å²) in [5.74, 6) is -0.218. The van der Waals surface area contributed by atoms with E-state index in [0.29, 0.717) is 6.04 Å². The Morgan fingerprint density at radius 1 is 1.18 bits per heavy atom. The third-order valence-electron chi connectivity index (χ3n) is 3.36. The summed E-state index contributed by atoms with van der Waals surface area (Å²) in [7, 11) is 0. The lowest BCUT2D eigenvalue weighted by atomic mass is 10.2. The van der Waals surface area contributed by atoms with Crippen LogP contribution in [0.15, 0.2) is 47.2 Å². The maximum absolute atomic E-state index is 12.9. The Balaban J connectivity index is 1.56. The Kier molecular flexibility index (Phi) is 4.97. The number of thiazole rings is 1. The molecule has 0 aliphatic heterocycles. The molecule has 0 radical (unpaired) electrons. The first-order chi connectivity index (χ1) is 10.7. The van der Waals surface area contributed by atoms with E-state index in [4.69, 9.17) is 0 Å². The molecule has 3 aromatic rings. The quantitative estimate of drug-likeness (QED) is 0.706. The van der Waals surface area contributed by atoms with E-state index in [2.05, 4.69) is 40.1 Å². The van der Waals surface area contributed by atoms with Crippen LogP contribution in [0.4, 0.5) is 4.39 Å².